The fourth-order valence-corrected chi connectivity index (χ4v) is 4.53. The van der Waals surface area contributed by atoms with Crippen LogP contribution < -0.4 is 10.6 Å². The van der Waals surface area contributed by atoms with E-state index >= 15 is 0 Å². The van der Waals surface area contributed by atoms with E-state index in [1.807, 2.05) is 19.1 Å². The van der Waals surface area contributed by atoms with Crippen molar-refractivity contribution in [1.29, 1.82) is 0 Å². The smallest absolute Gasteiger partial charge is 0.261 e. The van der Waals surface area contributed by atoms with Crippen molar-refractivity contribution in [3.05, 3.63) is 88.5 Å². The highest BCUT2D eigenvalue weighted by atomic mass is 16.5. The largest absolute Gasteiger partial charge is 0.506 e. The van der Waals surface area contributed by atoms with Crippen LogP contribution in [-0.4, -0.2) is 52.9 Å². The van der Waals surface area contributed by atoms with E-state index < -0.39 is 17.7 Å². The number of aryl methyl sites for hydroxylation is 1. The van der Waals surface area contributed by atoms with Gasteiger partial charge in [0.05, 0.1) is 29.5 Å². The van der Waals surface area contributed by atoms with Crippen LogP contribution in [0.2, 0.25) is 0 Å². The van der Waals surface area contributed by atoms with Gasteiger partial charge in [0, 0.05) is 29.5 Å². The molecule has 188 valence electrons. The number of amides is 4. The molecule has 37 heavy (non-hydrogen) atoms. The van der Waals surface area contributed by atoms with E-state index in [4.69, 9.17) is 4.74 Å². The molecule has 5 rings (SSSR count). The Hall–Kier alpha value is -4.50. The minimum Gasteiger partial charge on any atom is -0.506 e. The van der Waals surface area contributed by atoms with Gasteiger partial charge in [-0.1, -0.05) is 18.2 Å². The summed E-state index contributed by atoms with van der Waals surface area (Å²) in [6.07, 6.45) is 1.53. The van der Waals surface area contributed by atoms with Crippen molar-refractivity contribution in [2.24, 2.45) is 0 Å². The van der Waals surface area contributed by atoms with Gasteiger partial charge in [-0.25, -0.2) is 0 Å². The number of benzene rings is 3. The predicted octanol–water partition coefficient (Wildman–Crippen LogP) is 3.98. The van der Waals surface area contributed by atoms with Crippen LogP contribution in [0.4, 0.5) is 11.4 Å². The molecule has 1 atom stereocenters. The molecule has 0 aliphatic carbocycles. The van der Waals surface area contributed by atoms with Crippen molar-refractivity contribution < 1.29 is 29.0 Å². The fraction of sp³-hybridized carbons (Fsp3) is 0.214. The third kappa shape index (κ3) is 4.81. The molecule has 0 saturated carbocycles. The quantitative estimate of drug-likeness (QED) is 0.348. The number of ether oxygens (including phenoxy) is 1. The number of hydrogen-bond donors (Lipinski definition) is 3. The molecule has 1 saturated heterocycles. The van der Waals surface area contributed by atoms with Crippen LogP contribution in [0.1, 0.15) is 59.8 Å². The van der Waals surface area contributed by atoms with Crippen molar-refractivity contribution in [3.63, 3.8) is 0 Å². The SMILES string of the molecule is Cc1ccccc1C(=O)Nc1ccc(NC(=O)c2ccc3c(c2)C(=O)N(CC2CCCO2)C3=O)cc1O. The molecule has 3 aromatic carbocycles. The van der Waals surface area contributed by atoms with Crippen molar-refractivity contribution in [3.8, 4) is 5.75 Å². The zero-order chi connectivity index (χ0) is 26.1. The molecule has 1 fully saturated rings. The average molecular weight is 500 g/mol. The van der Waals surface area contributed by atoms with Crippen LogP contribution in [-0.2, 0) is 4.74 Å². The van der Waals surface area contributed by atoms with Gasteiger partial charge in [0.25, 0.3) is 23.6 Å². The lowest BCUT2D eigenvalue weighted by molar-refractivity contribution is 0.0475. The van der Waals surface area contributed by atoms with Crippen LogP contribution in [0.5, 0.6) is 5.75 Å². The molecule has 4 amide bonds. The fourth-order valence-electron chi connectivity index (χ4n) is 4.53. The number of fused-ring (bicyclic) bond motifs is 1. The molecule has 9 heteroatoms. The first-order valence-electron chi connectivity index (χ1n) is 11.9. The Labute approximate surface area is 213 Å². The highest BCUT2D eigenvalue weighted by Gasteiger charge is 2.38. The van der Waals surface area contributed by atoms with Crippen LogP contribution in [0.15, 0.2) is 60.7 Å². The maximum Gasteiger partial charge on any atom is 0.261 e. The summed E-state index contributed by atoms with van der Waals surface area (Å²) >= 11 is 0. The molecule has 2 aliphatic rings. The lowest BCUT2D eigenvalue weighted by atomic mass is 10.1. The zero-order valence-electron chi connectivity index (χ0n) is 20.1. The first-order valence-corrected chi connectivity index (χ1v) is 11.9. The molecule has 2 heterocycles. The van der Waals surface area contributed by atoms with Gasteiger partial charge in [0.15, 0.2) is 0 Å². The topological polar surface area (TPSA) is 125 Å². The number of phenolic OH excluding ortho intramolecular Hbond substituents is 1. The van der Waals surface area contributed by atoms with E-state index in [1.54, 1.807) is 12.1 Å². The third-order valence-corrected chi connectivity index (χ3v) is 6.54. The van der Waals surface area contributed by atoms with Crippen molar-refractivity contribution in [2.75, 3.05) is 23.8 Å². The van der Waals surface area contributed by atoms with Gasteiger partial charge in [0.1, 0.15) is 5.75 Å². The second kappa shape index (κ2) is 9.87. The Morgan fingerprint density at radius 2 is 1.76 bits per heavy atom. The number of hydrogen-bond acceptors (Lipinski definition) is 6. The standard InChI is InChI=1S/C28H25N3O6/c1-16-5-2-3-7-20(16)26(34)30-23-11-9-18(14-24(23)32)29-25(33)17-8-10-21-22(13-17)28(36)31(27(21)35)15-19-6-4-12-37-19/h2-3,5,7-11,13-14,19,32H,4,6,12,15H2,1H3,(H,29,33)(H,30,34). The number of nitrogens with zero attached hydrogens (tertiary/aromatic N) is 1. The van der Waals surface area contributed by atoms with Gasteiger partial charge >= 0.3 is 0 Å². The Morgan fingerprint density at radius 1 is 0.973 bits per heavy atom. The Kier molecular flexibility index (Phi) is 6.45. The molecule has 0 aromatic heterocycles. The maximum absolute atomic E-state index is 12.9. The first-order chi connectivity index (χ1) is 17.8. The first kappa shape index (κ1) is 24.2. The van der Waals surface area contributed by atoms with E-state index in [0.717, 1.165) is 18.4 Å². The number of carbonyl (C=O) groups excluding carboxylic acids is 4. The summed E-state index contributed by atoms with van der Waals surface area (Å²) in [6, 6.07) is 15.8. The molecule has 3 N–H and O–H groups in total. The van der Waals surface area contributed by atoms with Crippen molar-refractivity contribution in [2.45, 2.75) is 25.9 Å². The minimum absolute atomic E-state index is 0.165. The maximum atomic E-state index is 12.9. The van der Waals surface area contributed by atoms with Gasteiger partial charge in [-0.05, 0) is 61.7 Å². The second-order valence-corrected chi connectivity index (χ2v) is 9.07. The number of rotatable bonds is 6. The lowest BCUT2D eigenvalue weighted by Crippen LogP contribution is -2.36. The Balaban J connectivity index is 1.27. The number of nitrogens with one attached hydrogen (secondary N) is 2. The van der Waals surface area contributed by atoms with Crippen LogP contribution in [0.3, 0.4) is 0 Å². The highest BCUT2D eigenvalue weighted by Crippen LogP contribution is 2.29. The van der Waals surface area contributed by atoms with Crippen LogP contribution in [0.25, 0.3) is 0 Å². The van der Waals surface area contributed by atoms with Gasteiger partial charge < -0.3 is 20.5 Å². The van der Waals surface area contributed by atoms with E-state index in [9.17, 15) is 24.3 Å². The van der Waals surface area contributed by atoms with E-state index in [0.29, 0.717) is 17.9 Å². The van der Waals surface area contributed by atoms with Gasteiger partial charge in [-0.2, -0.15) is 0 Å². The molecule has 1 unspecified atom stereocenters. The Bertz CT molecular complexity index is 1430. The summed E-state index contributed by atoms with van der Waals surface area (Å²) in [5.41, 5.74) is 2.39. The number of phenols is 1. The Morgan fingerprint density at radius 3 is 2.49 bits per heavy atom. The molecular formula is C28H25N3O6. The summed E-state index contributed by atoms with van der Waals surface area (Å²) in [5.74, 6) is -1.95. The molecular weight excluding hydrogens is 474 g/mol. The van der Waals surface area contributed by atoms with Crippen LogP contribution in [0, 0.1) is 6.92 Å². The summed E-state index contributed by atoms with van der Waals surface area (Å²) in [7, 11) is 0. The van der Waals surface area contributed by atoms with Crippen molar-refractivity contribution in [1.82, 2.24) is 4.90 Å². The number of carbonyl (C=O) groups is 4. The van der Waals surface area contributed by atoms with Gasteiger partial charge in [-0.3, -0.25) is 24.1 Å². The lowest BCUT2D eigenvalue weighted by Gasteiger charge is -2.17. The van der Waals surface area contributed by atoms with Crippen LogP contribution >= 0.6 is 0 Å². The molecule has 0 spiro atoms. The van der Waals surface area contributed by atoms with Crippen molar-refractivity contribution >= 4 is 35.0 Å². The number of imide groups is 1. The van der Waals surface area contributed by atoms with E-state index in [1.165, 1.54) is 41.3 Å². The molecule has 0 bridgehead atoms. The summed E-state index contributed by atoms with van der Waals surface area (Å²) in [4.78, 5) is 52.2. The van der Waals surface area contributed by atoms with Gasteiger partial charge in [-0.15, -0.1) is 0 Å². The number of aromatic hydroxyl groups is 1. The summed E-state index contributed by atoms with van der Waals surface area (Å²) < 4.78 is 5.55. The molecule has 2 aliphatic heterocycles. The van der Waals surface area contributed by atoms with Gasteiger partial charge in [0.2, 0.25) is 0 Å². The molecule has 3 aromatic rings. The summed E-state index contributed by atoms with van der Waals surface area (Å²) in [5, 5.41) is 15.7. The highest BCUT2D eigenvalue weighted by molar-refractivity contribution is 6.22. The van der Waals surface area contributed by atoms with E-state index in [2.05, 4.69) is 10.6 Å². The third-order valence-electron chi connectivity index (χ3n) is 6.54. The zero-order valence-corrected chi connectivity index (χ0v) is 20.1. The summed E-state index contributed by atoms with van der Waals surface area (Å²) in [6.45, 7) is 2.63. The predicted molar refractivity (Wildman–Crippen MR) is 136 cm³/mol. The van der Waals surface area contributed by atoms with E-state index in [-0.39, 0.29) is 46.7 Å². The second-order valence-electron chi connectivity index (χ2n) is 9.07. The minimum atomic E-state index is -0.517. The normalized spacial score (nSPS) is 16.6. The molecule has 0 radical (unpaired) electrons. The molecule has 9 nitrogen and oxygen atoms in total. The monoisotopic (exact) mass is 499 g/mol. The average Bonchev–Trinajstić information content (AvgIpc) is 3.48. The number of anilines is 2.